The van der Waals surface area contributed by atoms with Gasteiger partial charge in [0.15, 0.2) is 5.69 Å². The summed E-state index contributed by atoms with van der Waals surface area (Å²) in [4.78, 5) is 8.07. The van der Waals surface area contributed by atoms with E-state index < -0.39 is 11.9 Å². The van der Waals surface area contributed by atoms with Crippen LogP contribution in [-0.4, -0.2) is 19.6 Å². The second kappa shape index (κ2) is 5.60. The molecule has 0 aliphatic rings. The molecule has 1 aromatic carbocycles. The Labute approximate surface area is 128 Å². The number of benzene rings is 1. The molecule has 4 nitrogen and oxygen atoms in total. The number of hydrogen-bond acceptors (Lipinski definition) is 4. The van der Waals surface area contributed by atoms with E-state index in [-0.39, 0.29) is 16.6 Å². The highest BCUT2D eigenvalue weighted by molar-refractivity contribution is 7.98. The summed E-state index contributed by atoms with van der Waals surface area (Å²) >= 11 is 1.27. The van der Waals surface area contributed by atoms with Crippen molar-refractivity contribution in [3.05, 3.63) is 53.3 Å². The Morgan fingerprint density at radius 2 is 1.86 bits per heavy atom. The molecule has 0 atom stereocenters. The summed E-state index contributed by atoms with van der Waals surface area (Å²) in [6, 6.07) is 10.5. The van der Waals surface area contributed by atoms with Gasteiger partial charge in [0, 0.05) is 11.4 Å². The van der Waals surface area contributed by atoms with E-state index in [1.165, 1.54) is 18.7 Å². The molecule has 0 aliphatic carbocycles. The van der Waals surface area contributed by atoms with Crippen LogP contribution in [0.2, 0.25) is 0 Å². The number of rotatable bonds is 3. The molecule has 0 saturated carbocycles. The Bertz CT molecular complexity index is 799. The van der Waals surface area contributed by atoms with Gasteiger partial charge in [-0.1, -0.05) is 42.1 Å². The summed E-state index contributed by atoms with van der Waals surface area (Å²) in [5, 5.41) is 4.19. The van der Waals surface area contributed by atoms with Crippen LogP contribution in [-0.2, 0) is 11.9 Å². The predicted molar refractivity (Wildman–Crippen MR) is 76.5 cm³/mol. The van der Waals surface area contributed by atoms with Gasteiger partial charge in [0.25, 0.3) is 5.78 Å². The van der Waals surface area contributed by atoms with Gasteiger partial charge in [0.05, 0.1) is 0 Å². The summed E-state index contributed by atoms with van der Waals surface area (Å²) in [6.07, 6.45) is -4.50. The molecule has 114 valence electrons. The van der Waals surface area contributed by atoms with Crippen LogP contribution in [0.5, 0.6) is 0 Å². The number of halogens is 3. The fourth-order valence-corrected chi connectivity index (χ4v) is 2.73. The van der Waals surface area contributed by atoms with Crippen molar-refractivity contribution in [2.24, 2.45) is 0 Å². The van der Waals surface area contributed by atoms with E-state index in [0.717, 1.165) is 16.1 Å². The molecular formula is C14H11F3N4S. The van der Waals surface area contributed by atoms with Crippen molar-refractivity contribution >= 4 is 17.5 Å². The monoisotopic (exact) mass is 324 g/mol. The lowest BCUT2D eigenvalue weighted by atomic mass is 10.2. The Balaban J connectivity index is 1.93. The van der Waals surface area contributed by atoms with Crippen LogP contribution in [0.25, 0.3) is 5.78 Å². The molecule has 3 rings (SSSR count). The molecule has 0 radical (unpaired) electrons. The molecule has 2 heterocycles. The highest BCUT2D eigenvalue weighted by Gasteiger charge is 2.35. The first kappa shape index (κ1) is 14.8. The lowest BCUT2D eigenvalue weighted by Gasteiger charge is -2.08. The Morgan fingerprint density at radius 1 is 1.14 bits per heavy atom. The summed E-state index contributed by atoms with van der Waals surface area (Å²) in [6.45, 7) is 1.50. The number of alkyl halides is 3. The van der Waals surface area contributed by atoms with Gasteiger partial charge in [-0.2, -0.15) is 22.7 Å². The topological polar surface area (TPSA) is 43.1 Å². The zero-order valence-electron chi connectivity index (χ0n) is 11.5. The minimum Gasteiger partial charge on any atom is -0.216 e. The largest absolute Gasteiger partial charge is 0.433 e. The van der Waals surface area contributed by atoms with Crippen LogP contribution >= 0.6 is 11.8 Å². The Kier molecular flexibility index (Phi) is 3.78. The Morgan fingerprint density at radius 3 is 2.55 bits per heavy atom. The maximum absolute atomic E-state index is 13.0. The standard InChI is InChI=1S/C14H11F3N4S/c1-9-7-11(14(15,16)17)21-12(18-9)19-13(20-21)22-8-10-5-3-2-4-6-10/h2-7H,8H2,1H3. The lowest BCUT2D eigenvalue weighted by Crippen LogP contribution is -2.13. The molecule has 0 aliphatic heterocycles. The SMILES string of the molecule is Cc1cc(C(F)(F)F)n2nc(SCc3ccccc3)nc2n1. The van der Waals surface area contributed by atoms with E-state index >= 15 is 0 Å². The normalized spacial score (nSPS) is 12.0. The van der Waals surface area contributed by atoms with Crippen LogP contribution in [0.1, 0.15) is 17.0 Å². The fourth-order valence-electron chi connectivity index (χ4n) is 1.95. The van der Waals surface area contributed by atoms with Gasteiger partial charge >= 0.3 is 6.18 Å². The molecular weight excluding hydrogens is 313 g/mol. The predicted octanol–water partition coefficient (Wildman–Crippen LogP) is 3.74. The minimum atomic E-state index is -4.50. The number of nitrogens with zero attached hydrogens (tertiary/aromatic N) is 4. The van der Waals surface area contributed by atoms with Gasteiger partial charge in [-0.05, 0) is 18.6 Å². The summed E-state index contributed by atoms with van der Waals surface area (Å²) < 4.78 is 39.9. The first-order valence-electron chi connectivity index (χ1n) is 6.42. The maximum atomic E-state index is 13.0. The van der Waals surface area contributed by atoms with E-state index in [9.17, 15) is 13.2 Å². The fraction of sp³-hybridized carbons (Fsp3) is 0.214. The molecule has 3 aromatic rings. The van der Waals surface area contributed by atoms with Gasteiger partial charge < -0.3 is 0 Å². The van der Waals surface area contributed by atoms with Crippen molar-refractivity contribution in [3.63, 3.8) is 0 Å². The molecule has 22 heavy (non-hydrogen) atoms. The molecule has 0 N–H and O–H groups in total. The first-order chi connectivity index (χ1) is 10.4. The molecule has 0 spiro atoms. The van der Waals surface area contributed by atoms with E-state index in [1.807, 2.05) is 30.3 Å². The van der Waals surface area contributed by atoms with Crippen LogP contribution in [0.4, 0.5) is 13.2 Å². The van der Waals surface area contributed by atoms with Crippen LogP contribution in [0, 0.1) is 6.92 Å². The highest BCUT2D eigenvalue weighted by Crippen LogP contribution is 2.30. The van der Waals surface area contributed by atoms with Gasteiger partial charge in [0.2, 0.25) is 5.16 Å². The van der Waals surface area contributed by atoms with E-state index in [0.29, 0.717) is 5.75 Å². The average molecular weight is 324 g/mol. The van der Waals surface area contributed by atoms with Crippen molar-refractivity contribution in [2.45, 2.75) is 24.0 Å². The quantitative estimate of drug-likeness (QED) is 0.688. The highest BCUT2D eigenvalue weighted by atomic mass is 32.2. The molecule has 0 bridgehead atoms. The molecule has 2 aromatic heterocycles. The number of fused-ring (bicyclic) bond motifs is 1. The Hall–Kier alpha value is -2.09. The van der Waals surface area contributed by atoms with Crippen molar-refractivity contribution in [3.8, 4) is 0 Å². The van der Waals surface area contributed by atoms with Crippen LogP contribution in [0.3, 0.4) is 0 Å². The van der Waals surface area contributed by atoms with E-state index in [1.54, 1.807) is 0 Å². The molecule has 0 amide bonds. The first-order valence-corrected chi connectivity index (χ1v) is 7.40. The zero-order chi connectivity index (χ0) is 15.7. The third-order valence-electron chi connectivity index (χ3n) is 2.92. The third-order valence-corrected chi connectivity index (χ3v) is 3.83. The number of aromatic nitrogens is 4. The van der Waals surface area contributed by atoms with Gasteiger partial charge in [0.1, 0.15) is 0 Å². The summed E-state index contributed by atoms with van der Waals surface area (Å²) in [5.74, 6) is 0.542. The summed E-state index contributed by atoms with van der Waals surface area (Å²) in [7, 11) is 0. The van der Waals surface area contributed by atoms with Gasteiger partial charge in [-0.15, -0.1) is 5.10 Å². The molecule has 8 heteroatoms. The second-order valence-corrected chi connectivity index (χ2v) is 5.60. The number of thioether (sulfide) groups is 1. The zero-order valence-corrected chi connectivity index (χ0v) is 12.3. The van der Waals surface area contributed by atoms with Gasteiger partial charge in [-0.25, -0.2) is 4.98 Å². The van der Waals surface area contributed by atoms with E-state index in [4.69, 9.17) is 0 Å². The van der Waals surface area contributed by atoms with Crippen LogP contribution < -0.4 is 0 Å². The van der Waals surface area contributed by atoms with Crippen molar-refractivity contribution in [1.29, 1.82) is 0 Å². The smallest absolute Gasteiger partial charge is 0.216 e. The summed E-state index contributed by atoms with van der Waals surface area (Å²) in [5.41, 5.74) is 0.437. The third kappa shape index (κ3) is 3.06. The minimum absolute atomic E-state index is 0.0390. The molecule has 0 saturated heterocycles. The van der Waals surface area contributed by atoms with Gasteiger partial charge in [-0.3, -0.25) is 0 Å². The second-order valence-electron chi connectivity index (χ2n) is 4.66. The average Bonchev–Trinajstić information content (AvgIpc) is 2.87. The lowest BCUT2D eigenvalue weighted by molar-refractivity contribution is -0.142. The number of aryl methyl sites for hydroxylation is 1. The number of hydrogen-bond donors (Lipinski definition) is 0. The molecule has 0 unspecified atom stereocenters. The van der Waals surface area contributed by atoms with Crippen LogP contribution in [0.15, 0.2) is 41.6 Å². The van der Waals surface area contributed by atoms with Crippen molar-refractivity contribution < 1.29 is 13.2 Å². The van der Waals surface area contributed by atoms with E-state index in [2.05, 4.69) is 15.1 Å². The maximum Gasteiger partial charge on any atom is 0.433 e. The van der Waals surface area contributed by atoms with Crippen molar-refractivity contribution in [1.82, 2.24) is 19.6 Å². The van der Waals surface area contributed by atoms with Crippen molar-refractivity contribution in [2.75, 3.05) is 0 Å². The molecule has 0 fully saturated rings.